The fraction of sp³-hybridized carbons (Fsp3) is 0.333. The Morgan fingerprint density at radius 2 is 1.81 bits per heavy atom. The molecule has 0 spiro atoms. The summed E-state index contributed by atoms with van der Waals surface area (Å²) in [6, 6.07) is 5.68. The molecule has 0 unspecified atom stereocenters. The van der Waals surface area contributed by atoms with E-state index in [-0.39, 0.29) is 18.0 Å². The van der Waals surface area contributed by atoms with Crippen LogP contribution in [0.25, 0.3) is 0 Å². The van der Waals surface area contributed by atoms with Crippen molar-refractivity contribution in [3.05, 3.63) is 35.6 Å². The number of ketones is 1. The van der Waals surface area contributed by atoms with Gasteiger partial charge in [0.2, 0.25) is 5.24 Å². The molecule has 1 aromatic rings. The summed E-state index contributed by atoms with van der Waals surface area (Å²) in [4.78, 5) is 22.9. The molecule has 0 bridgehead atoms. The number of rotatable bonds is 4. The lowest BCUT2D eigenvalue weighted by Gasteiger charge is -2.08. The smallest absolute Gasteiger partial charge is 0.235 e. The predicted octanol–water partition coefficient (Wildman–Crippen LogP) is 2.48. The van der Waals surface area contributed by atoms with E-state index in [0.717, 1.165) is 0 Å². The summed E-state index contributed by atoms with van der Waals surface area (Å²) in [7, 11) is 0. The molecule has 2 nitrogen and oxygen atoms in total. The van der Waals surface area contributed by atoms with Crippen LogP contribution in [-0.4, -0.2) is 11.0 Å². The maximum absolute atomic E-state index is 12.6. The molecule has 1 fully saturated rings. The van der Waals surface area contributed by atoms with Crippen molar-refractivity contribution in [1.29, 1.82) is 0 Å². The van der Waals surface area contributed by atoms with Crippen LogP contribution in [0.2, 0.25) is 0 Å². The zero-order valence-corrected chi connectivity index (χ0v) is 9.26. The minimum absolute atomic E-state index is 0.138. The molecule has 0 saturated heterocycles. The Balaban J connectivity index is 2.08. The van der Waals surface area contributed by atoms with Crippen molar-refractivity contribution in [1.82, 2.24) is 0 Å². The average molecular weight is 241 g/mol. The predicted molar refractivity (Wildman–Crippen MR) is 57.6 cm³/mol. The third-order valence-electron chi connectivity index (χ3n) is 2.94. The van der Waals surface area contributed by atoms with Crippen LogP contribution >= 0.6 is 11.6 Å². The summed E-state index contributed by atoms with van der Waals surface area (Å²) in [6.07, 6.45) is 1.21. The summed E-state index contributed by atoms with van der Waals surface area (Å²) in [5, 5.41) is -0.570. The van der Waals surface area contributed by atoms with Gasteiger partial charge < -0.3 is 0 Å². The molecule has 4 heteroatoms. The van der Waals surface area contributed by atoms with Gasteiger partial charge in [-0.3, -0.25) is 9.59 Å². The van der Waals surface area contributed by atoms with Crippen LogP contribution in [0.1, 0.15) is 18.4 Å². The van der Waals surface area contributed by atoms with Crippen molar-refractivity contribution >= 4 is 22.6 Å². The van der Waals surface area contributed by atoms with Crippen LogP contribution in [0.4, 0.5) is 4.39 Å². The number of hydrogen-bond acceptors (Lipinski definition) is 2. The van der Waals surface area contributed by atoms with E-state index >= 15 is 0 Å². The highest BCUT2D eigenvalue weighted by Crippen LogP contribution is 2.49. The van der Waals surface area contributed by atoms with E-state index in [1.807, 2.05) is 0 Å². The monoisotopic (exact) mass is 240 g/mol. The molecule has 0 radical (unpaired) electrons. The largest absolute Gasteiger partial charge is 0.298 e. The highest BCUT2D eigenvalue weighted by atomic mass is 35.5. The summed E-state index contributed by atoms with van der Waals surface area (Å²) < 4.78 is 12.6. The van der Waals surface area contributed by atoms with E-state index in [2.05, 4.69) is 0 Å². The standard InChI is InChI=1S/C12H10ClFO2/c13-11(16)12(5-6-12)10(15)7-8-1-3-9(14)4-2-8/h1-4H,5-7H2. The normalized spacial score (nSPS) is 16.9. The van der Waals surface area contributed by atoms with Crippen molar-refractivity contribution in [3.8, 4) is 0 Å². The van der Waals surface area contributed by atoms with Crippen molar-refractivity contribution in [2.45, 2.75) is 19.3 Å². The first-order valence-electron chi connectivity index (χ1n) is 5.02. The summed E-state index contributed by atoms with van der Waals surface area (Å²) in [6.45, 7) is 0. The first-order valence-corrected chi connectivity index (χ1v) is 5.40. The molecule has 1 aliphatic carbocycles. The van der Waals surface area contributed by atoms with Crippen LogP contribution in [-0.2, 0) is 16.0 Å². The maximum Gasteiger partial charge on any atom is 0.235 e. The topological polar surface area (TPSA) is 34.1 Å². The lowest BCUT2D eigenvalue weighted by atomic mass is 9.96. The molecule has 0 amide bonds. The van der Waals surface area contributed by atoms with Gasteiger partial charge in [0.25, 0.3) is 0 Å². The van der Waals surface area contributed by atoms with Gasteiger partial charge in [0.05, 0.1) is 0 Å². The number of carbonyl (C=O) groups excluding carboxylic acids is 2. The van der Waals surface area contributed by atoms with E-state index in [4.69, 9.17) is 11.6 Å². The van der Waals surface area contributed by atoms with E-state index in [1.54, 1.807) is 12.1 Å². The SMILES string of the molecule is O=C(Cl)C1(C(=O)Cc2ccc(F)cc2)CC1. The van der Waals surface area contributed by atoms with Gasteiger partial charge >= 0.3 is 0 Å². The van der Waals surface area contributed by atoms with Crippen LogP contribution in [0.15, 0.2) is 24.3 Å². The van der Waals surface area contributed by atoms with Crippen LogP contribution in [0.3, 0.4) is 0 Å². The van der Waals surface area contributed by atoms with Crippen LogP contribution < -0.4 is 0 Å². The Morgan fingerprint density at radius 1 is 1.25 bits per heavy atom. The van der Waals surface area contributed by atoms with Gasteiger partial charge in [-0.25, -0.2) is 4.39 Å². The second kappa shape index (κ2) is 3.98. The molecule has 2 rings (SSSR count). The summed E-state index contributed by atoms with van der Waals surface area (Å²) in [5.74, 6) is -0.509. The summed E-state index contributed by atoms with van der Waals surface area (Å²) >= 11 is 5.40. The van der Waals surface area contributed by atoms with Gasteiger partial charge in [-0.1, -0.05) is 12.1 Å². The van der Waals surface area contributed by atoms with E-state index < -0.39 is 10.7 Å². The van der Waals surface area contributed by atoms with Gasteiger partial charge in [-0.05, 0) is 42.1 Å². The molecule has 84 valence electrons. The molecule has 16 heavy (non-hydrogen) atoms. The molecular weight excluding hydrogens is 231 g/mol. The molecule has 1 aliphatic rings. The van der Waals surface area contributed by atoms with E-state index in [0.29, 0.717) is 18.4 Å². The Bertz CT molecular complexity index is 435. The van der Waals surface area contributed by atoms with Crippen molar-refractivity contribution in [2.24, 2.45) is 5.41 Å². The van der Waals surface area contributed by atoms with Gasteiger partial charge in [0, 0.05) is 6.42 Å². The van der Waals surface area contributed by atoms with Gasteiger partial charge in [-0.2, -0.15) is 0 Å². The zero-order chi connectivity index (χ0) is 11.8. The van der Waals surface area contributed by atoms with Gasteiger partial charge in [0.15, 0.2) is 5.78 Å². The Morgan fingerprint density at radius 3 is 2.25 bits per heavy atom. The highest BCUT2D eigenvalue weighted by Gasteiger charge is 2.54. The lowest BCUT2D eigenvalue weighted by molar-refractivity contribution is -0.130. The average Bonchev–Trinajstić information content (AvgIpc) is 3.02. The van der Waals surface area contributed by atoms with Crippen LogP contribution in [0, 0.1) is 11.2 Å². The molecule has 0 aliphatic heterocycles. The summed E-state index contributed by atoms with van der Waals surface area (Å²) in [5.41, 5.74) is -0.244. The Labute approximate surface area is 97.4 Å². The second-order valence-corrected chi connectivity index (χ2v) is 4.43. The third kappa shape index (κ3) is 2.00. The minimum atomic E-state index is -0.948. The first kappa shape index (κ1) is 11.3. The molecule has 0 heterocycles. The molecule has 0 aromatic heterocycles. The molecular formula is C12H10ClFO2. The fourth-order valence-electron chi connectivity index (χ4n) is 1.67. The Kier molecular flexibility index (Phi) is 2.80. The number of carbonyl (C=O) groups is 2. The second-order valence-electron chi connectivity index (χ2n) is 4.08. The van der Waals surface area contributed by atoms with Crippen molar-refractivity contribution < 1.29 is 14.0 Å². The third-order valence-corrected chi connectivity index (χ3v) is 3.30. The number of halogens is 2. The number of hydrogen-bond donors (Lipinski definition) is 0. The number of benzene rings is 1. The molecule has 0 N–H and O–H groups in total. The van der Waals surface area contributed by atoms with Crippen LogP contribution in [0.5, 0.6) is 0 Å². The molecule has 0 atom stereocenters. The van der Waals surface area contributed by atoms with Crippen molar-refractivity contribution in [3.63, 3.8) is 0 Å². The maximum atomic E-state index is 12.6. The van der Waals surface area contributed by atoms with Gasteiger partial charge in [0.1, 0.15) is 11.2 Å². The van der Waals surface area contributed by atoms with Crippen molar-refractivity contribution in [2.75, 3.05) is 0 Å². The van der Waals surface area contributed by atoms with Gasteiger partial charge in [-0.15, -0.1) is 0 Å². The quantitative estimate of drug-likeness (QED) is 0.599. The lowest BCUT2D eigenvalue weighted by Crippen LogP contribution is -2.23. The first-order chi connectivity index (χ1) is 7.54. The highest BCUT2D eigenvalue weighted by molar-refractivity contribution is 6.67. The molecule has 1 aromatic carbocycles. The minimum Gasteiger partial charge on any atom is -0.298 e. The number of Topliss-reactive ketones (excluding diaryl/α,β-unsaturated/α-hetero) is 1. The fourth-order valence-corrected chi connectivity index (χ4v) is 1.96. The molecule has 1 saturated carbocycles. The zero-order valence-electron chi connectivity index (χ0n) is 8.50. The Hall–Kier alpha value is -1.22. The van der Waals surface area contributed by atoms with E-state index in [9.17, 15) is 14.0 Å². The van der Waals surface area contributed by atoms with E-state index in [1.165, 1.54) is 12.1 Å².